The van der Waals surface area contributed by atoms with Gasteiger partial charge in [-0.1, -0.05) is 76.5 Å². The Labute approximate surface area is 243 Å². The van der Waals surface area contributed by atoms with Crippen molar-refractivity contribution in [1.29, 1.82) is 0 Å². The first-order valence-corrected chi connectivity index (χ1v) is 14.1. The lowest BCUT2D eigenvalue weighted by molar-refractivity contribution is -0.274. The molecule has 1 aromatic rings. The maximum Gasteiger partial charge on any atom is 0.573 e. The Morgan fingerprint density at radius 3 is 2.37 bits per heavy atom. The molecule has 11 heteroatoms. The van der Waals surface area contributed by atoms with E-state index < -0.39 is 12.3 Å². The number of alkyl halides is 3. The van der Waals surface area contributed by atoms with Crippen molar-refractivity contribution >= 4 is 5.97 Å². The Bertz CT molecular complexity index is 902. The lowest BCUT2D eigenvalue weighted by Crippen LogP contribution is -2.28. The van der Waals surface area contributed by atoms with Crippen molar-refractivity contribution in [3.05, 3.63) is 66.0 Å². The summed E-state index contributed by atoms with van der Waals surface area (Å²) in [6, 6.07) is 6.09. The van der Waals surface area contributed by atoms with Crippen molar-refractivity contribution in [3.8, 4) is 5.75 Å². The second-order valence-corrected chi connectivity index (χ2v) is 9.28. The van der Waals surface area contributed by atoms with Crippen LogP contribution in [0.4, 0.5) is 13.2 Å². The Balaban J connectivity index is 0.000000669. The molecule has 0 aromatic heterocycles. The van der Waals surface area contributed by atoms with Gasteiger partial charge in [0, 0.05) is 25.2 Å². The highest BCUT2D eigenvalue weighted by Crippen LogP contribution is 2.26. The minimum absolute atomic E-state index is 0.0694. The maximum absolute atomic E-state index is 12.0. The molecule has 2 rings (SSSR count). The molecule has 8 nitrogen and oxygen atoms in total. The summed E-state index contributed by atoms with van der Waals surface area (Å²) >= 11 is 0. The van der Waals surface area contributed by atoms with E-state index in [9.17, 15) is 18.0 Å². The van der Waals surface area contributed by atoms with Crippen LogP contribution in [0.1, 0.15) is 70.8 Å². The number of hydrogen-bond acceptors (Lipinski definition) is 7. The largest absolute Gasteiger partial charge is 0.573 e. The summed E-state index contributed by atoms with van der Waals surface area (Å²) in [7, 11) is 1.63. The monoisotopic (exact) mass is 586 g/mol. The van der Waals surface area contributed by atoms with Gasteiger partial charge in [0.15, 0.2) is 0 Å². The summed E-state index contributed by atoms with van der Waals surface area (Å²) in [5, 5.41) is 14.4. The number of hydrogen-bond donors (Lipinski definition) is 5. The molecule has 0 aliphatic heterocycles. The normalized spacial score (nSPS) is 14.1. The molecule has 6 N–H and O–H groups in total. The molecule has 1 aromatic carbocycles. The van der Waals surface area contributed by atoms with Crippen LogP contribution in [0.2, 0.25) is 0 Å². The van der Waals surface area contributed by atoms with Crippen LogP contribution >= 0.6 is 0 Å². The number of carboxylic acid groups (broad SMARTS) is 1. The molecule has 0 atom stereocenters. The fraction of sp³-hybridized carbons (Fsp3) is 0.567. The number of nitrogens with one attached hydrogen (secondary N) is 3. The number of nitrogens with two attached hydrogens (primary N) is 1. The lowest BCUT2D eigenvalue weighted by atomic mass is 9.89. The molecule has 1 saturated carbocycles. The van der Waals surface area contributed by atoms with E-state index in [2.05, 4.69) is 40.4 Å². The van der Waals surface area contributed by atoms with Crippen molar-refractivity contribution in [2.45, 2.75) is 78.1 Å². The summed E-state index contributed by atoms with van der Waals surface area (Å²) < 4.78 is 39.9. The number of ether oxygens (including phenoxy) is 1. The number of halogens is 3. The zero-order valence-corrected chi connectivity index (χ0v) is 24.7. The fourth-order valence-electron chi connectivity index (χ4n) is 3.88. The zero-order valence-electron chi connectivity index (χ0n) is 24.7. The van der Waals surface area contributed by atoms with Crippen molar-refractivity contribution < 1.29 is 32.6 Å². The number of rotatable bonds is 15. The van der Waals surface area contributed by atoms with Gasteiger partial charge in [0.05, 0.1) is 24.9 Å². The average molecular weight is 587 g/mol. The summed E-state index contributed by atoms with van der Waals surface area (Å²) in [5.41, 5.74) is 10.4. The first-order chi connectivity index (χ1) is 19.6. The van der Waals surface area contributed by atoms with E-state index in [4.69, 9.17) is 15.7 Å². The number of allylic oxidation sites excluding steroid dienone is 3. The first kappa shape index (κ1) is 38.0. The molecule has 41 heavy (non-hydrogen) atoms. The van der Waals surface area contributed by atoms with Gasteiger partial charge < -0.3 is 26.2 Å². The third kappa shape index (κ3) is 20.5. The second-order valence-electron chi connectivity index (χ2n) is 9.28. The summed E-state index contributed by atoms with van der Waals surface area (Å²) in [5.74, 6) is -0.176. The summed E-state index contributed by atoms with van der Waals surface area (Å²) in [6.45, 7) is 10.2. The smallest absolute Gasteiger partial charge is 0.481 e. The topological polar surface area (TPSA) is 118 Å². The van der Waals surface area contributed by atoms with Crippen LogP contribution in [-0.2, 0) is 16.2 Å². The molecule has 0 unspecified atom stereocenters. The summed E-state index contributed by atoms with van der Waals surface area (Å²) in [4.78, 5) is 14.6. The fourth-order valence-corrected chi connectivity index (χ4v) is 3.88. The minimum atomic E-state index is -4.64. The zero-order chi connectivity index (χ0) is 30.9. The van der Waals surface area contributed by atoms with E-state index in [1.165, 1.54) is 44.2 Å². The van der Waals surface area contributed by atoms with Gasteiger partial charge in [0.2, 0.25) is 0 Å². The highest BCUT2D eigenvalue weighted by molar-refractivity contribution is 5.66. The number of aliphatic carboxylic acids is 1. The minimum Gasteiger partial charge on any atom is -0.481 e. The van der Waals surface area contributed by atoms with Gasteiger partial charge >= 0.3 is 12.3 Å². The van der Waals surface area contributed by atoms with Crippen LogP contribution in [0.5, 0.6) is 5.75 Å². The van der Waals surface area contributed by atoms with Gasteiger partial charge in [-0.15, -0.1) is 13.2 Å². The third-order valence-corrected chi connectivity index (χ3v) is 5.85. The molecule has 0 saturated heterocycles. The van der Waals surface area contributed by atoms with Crippen molar-refractivity contribution in [2.24, 2.45) is 11.7 Å². The molecular formula is C30H49F3N4O4. The van der Waals surface area contributed by atoms with Gasteiger partial charge in [-0.25, -0.2) is 0 Å². The second kappa shape index (κ2) is 23.7. The van der Waals surface area contributed by atoms with Gasteiger partial charge in [-0.05, 0) is 43.9 Å². The molecule has 0 spiro atoms. The number of para-hydroxylation sites is 1. The predicted molar refractivity (Wildman–Crippen MR) is 158 cm³/mol. The Morgan fingerprint density at radius 2 is 1.85 bits per heavy atom. The highest BCUT2D eigenvalue weighted by atomic mass is 19.4. The van der Waals surface area contributed by atoms with Crippen molar-refractivity contribution in [1.82, 2.24) is 16.1 Å². The standard InChI is InChI=1S/C17H30N2O.C10H12F3NO.C3H7NO2/c1-4-6-13-16(17(10-5-2)19-20-3)18-14-15-11-8-7-9-12-15;1-2-14-7-8-5-3-4-6-9(8)15-10(11,12)13;4-2-1-3(5)6/h5,10,13,15,18-19H,2,4,6-9,11-12,14H2,1,3H3;3-6,14H,2,7H2,1H3;1-2,4H2,(H,5,6)/b16-13-,17-10+;;. The number of unbranched alkanes of at least 4 members (excludes halogenated alkanes) is 1. The highest BCUT2D eigenvalue weighted by Gasteiger charge is 2.31. The average Bonchev–Trinajstić information content (AvgIpc) is 2.93. The van der Waals surface area contributed by atoms with Crippen molar-refractivity contribution in [3.63, 3.8) is 0 Å². The molecule has 0 bridgehead atoms. The number of carbonyl (C=O) groups is 1. The van der Waals surface area contributed by atoms with Crippen molar-refractivity contribution in [2.75, 3.05) is 26.7 Å². The quantitative estimate of drug-likeness (QED) is 0.122. The summed E-state index contributed by atoms with van der Waals surface area (Å²) in [6.07, 6.45) is 10.5. The molecular weight excluding hydrogens is 537 g/mol. The molecule has 1 aliphatic carbocycles. The number of carboxylic acids is 1. The van der Waals surface area contributed by atoms with E-state index in [-0.39, 0.29) is 18.7 Å². The molecule has 0 heterocycles. The van der Waals surface area contributed by atoms with Crippen LogP contribution in [-0.4, -0.2) is 44.2 Å². The first-order valence-electron chi connectivity index (χ1n) is 14.1. The predicted octanol–water partition coefficient (Wildman–Crippen LogP) is 6.18. The molecule has 1 aliphatic rings. The molecule has 1 fully saturated rings. The van der Waals surface area contributed by atoms with Crippen LogP contribution in [0.25, 0.3) is 0 Å². The van der Waals surface area contributed by atoms with E-state index in [1.54, 1.807) is 25.3 Å². The van der Waals surface area contributed by atoms with Gasteiger partial charge in [-0.2, -0.15) is 0 Å². The van der Waals surface area contributed by atoms with Gasteiger partial charge in [0.1, 0.15) is 5.75 Å². The lowest BCUT2D eigenvalue weighted by Gasteiger charge is -2.24. The maximum atomic E-state index is 12.0. The van der Waals surface area contributed by atoms with E-state index in [1.807, 2.05) is 13.0 Å². The Morgan fingerprint density at radius 1 is 1.17 bits per heavy atom. The third-order valence-electron chi connectivity index (χ3n) is 5.85. The molecule has 0 radical (unpaired) electrons. The molecule has 234 valence electrons. The van der Waals surface area contributed by atoms with E-state index in [0.29, 0.717) is 18.7 Å². The SMILES string of the molecule is C=C/C=C(NOC)\C(=C\CCC)NCC1CCCCC1.CCNCc1ccccc1OC(F)(F)F.NCCC(=O)O. The van der Waals surface area contributed by atoms with Crippen LogP contribution in [0, 0.1) is 5.92 Å². The van der Waals surface area contributed by atoms with Crippen LogP contribution < -0.4 is 26.6 Å². The van der Waals surface area contributed by atoms with Crippen LogP contribution in [0.3, 0.4) is 0 Å². The Kier molecular flexibility index (Phi) is 21.9. The number of hydroxylamine groups is 1. The van der Waals surface area contributed by atoms with Crippen LogP contribution in [0.15, 0.2) is 60.5 Å². The van der Waals surface area contributed by atoms with E-state index in [0.717, 1.165) is 36.7 Å². The Hall–Kier alpha value is -3.02. The number of benzene rings is 1. The van der Waals surface area contributed by atoms with Gasteiger partial charge in [0.25, 0.3) is 0 Å². The van der Waals surface area contributed by atoms with E-state index >= 15 is 0 Å². The van der Waals surface area contributed by atoms with Gasteiger partial charge in [-0.3, -0.25) is 15.1 Å². The molecule has 0 amide bonds.